The summed E-state index contributed by atoms with van der Waals surface area (Å²) in [6, 6.07) is 5.11. The van der Waals surface area contributed by atoms with Crippen molar-refractivity contribution in [1.82, 2.24) is 24.1 Å². The summed E-state index contributed by atoms with van der Waals surface area (Å²) in [6.45, 7) is 5.57. The van der Waals surface area contributed by atoms with E-state index in [4.69, 9.17) is 0 Å². The summed E-state index contributed by atoms with van der Waals surface area (Å²) >= 11 is 0. The lowest BCUT2D eigenvalue weighted by molar-refractivity contribution is 0.809. The number of fused-ring (bicyclic) bond motifs is 1. The van der Waals surface area contributed by atoms with Gasteiger partial charge in [-0.15, -0.1) is 0 Å². The number of aryl methyl sites for hydroxylation is 1. The van der Waals surface area contributed by atoms with E-state index in [1.165, 1.54) is 10.6 Å². The minimum Gasteiger partial charge on any atom is -0.296 e. The van der Waals surface area contributed by atoms with E-state index >= 15 is 0 Å². The van der Waals surface area contributed by atoms with Crippen molar-refractivity contribution in [2.75, 3.05) is 0 Å². The van der Waals surface area contributed by atoms with Gasteiger partial charge in [-0.2, -0.15) is 5.10 Å². The molecular weight excluding hydrogens is 254 g/mol. The molecule has 100 valence electrons. The van der Waals surface area contributed by atoms with E-state index in [9.17, 15) is 4.79 Å². The monoisotopic (exact) mass is 267 g/mol. The normalized spacial score (nSPS) is 10.9. The largest absolute Gasteiger partial charge is 0.296 e. The molecule has 0 N–H and O–H groups in total. The van der Waals surface area contributed by atoms with Gasteiger partial charge in [0.1, 0.15) is 11.5 Å². The van der Waals surface area contributed by atoms with E-state index in [1.807, 2.05) is 19.2 Å². The van der Waals surface area contributed by atoms with Gasteiger partial charge in [0.25, 0.3) is 5.56 Å². The first-order valence-corrected chi connectivity index (χ1v) is 6.12. The molecule has 0 aliphatic carbocycles. The first-order valence-electron chi connectivity index (χ1n) is 6.12. The summed E-state index contributed by atoms with van der Waals surface area (Å²) in [5.41, 5.74) is 2.65. The van der Waals surface area contributed by atoms with Gasteiger partial charge in [-0.25, -0.2) is 14.5 Å². The molecule has 20 heavy (non-hydrogen) atoms. The summed E-state index contributed by atoms with van der Waals surface area (Å²) in [7, 11) is 1.66. The maximum Gasteiger partial charge on any atom is 0.254 e. The number of hydrogen-bond donors (Lipinski definition) is 0. The van der Waals surface area contributed by atoms with Crippen LogP contribution in [0.4, 0.5) is 0 Å². The molecule has 0 bridgehead atoms. The summed E-state index contributed by atoms with van der Waals surface area (Å²) in [5, 5.41) is 4.42. The lowest BCUT2D eigenvalue weighted by Crippen LogP contribution is -2.20. The van der Waals surface area contributed by atoms with E-state index in [0.29, 0.717) is 17.2 Å². The second kappa shape index (κ2) is 4.41. The molecule has 6 nitrogen and oxygen atoms in total. The van der Waals surface area contributed by atoms with Crippen molar-refractivity contribution >= 4 is 11.7 Å². The van der Waals surface area contributed by atoms with Crippen LogP contribution >= 0.6 is 0 Å². The van der Waals surface area contributed by atoms with Gasteiger partial charge < -0.3 is 0 Å². The molecular formula is C14H13N5O. The standard InChI is InChI=1S/C14H13N5O/c1-4-12-16-11(7-14(20)18(12)3)10-5-6-13-15-9(2)8-19(13)17-10/h4-8H,1H2,2-3H3. The third kappa shape index (κ3) is 1.91. The molecule has 0 atom stereocenters. The van der Waals surface area contributed by atoms with E-state index in [0.717, 1.165) is 11.3 Å². The highest BCUT2D eigenvalue weighted by Gasteiger charge is 2.08. The zero-order chi connectivity index (χ0) is 14.3. The minimum atomic E-state index is -0.145. The van der Waals surface area contributed by atoms with E-state index in [1.54, 1.807) is 23.7 Å². The van der Waals surface area contributed by atoms with Gasteiger partial charge in [-0.1, -0.05) is 6.58 Å². The Morgan fingerprint density at radius 3 is 2.80 bits per heavy atom. The van der Waals surface area contributed by atoms with Crippen LogP contribution < -0.4 is 5.56 Å². The SMILES string of the molecule is C=Cc1nc(-c2ccc3nc(C)cn3n2)cc(=O)n1C. The Bertz CT molecular complexity index is 875. The highest BCUT2D eigenvalue weighted by molar-refractivity contribution is 5.57. The number of nitrogens with zero attached hydrogens (tertiary/aromatic N) is 5. The predicted octanol–water partition coefficient (Wildman–Crippen LogP) is 1.44. The van der Waals surface area contributed by atoms with Crippen molar-refractivity contribution in [2.24, 2.45) is 7.05 Å². The molecule has 3 aromatic heterocycles. The topological polar surface area (TPSA) is 65.1 Å². The molecule has 0 saturated heterocycles. The molecule has 3 heterocycles. The van der Waals surface area contributed by atoms with E-state index < -0.39 is 0 Å². The number of aromatic nitrogens is 5. The summed E-state index contributed by atoms with van der Waals surface area (Å²) in [4.78, 5) is 20.6. The lowest BCUT2D eigenvalue weighted by atomic mass is 10.2. The maximum atomic E-state index is 11.9. The van der Waals surface area contributed by atoms with Crippen LogP contribution in [0.3, 0.4) is 0 Å². The fourth-order valence-corrected chi connectivity index (χ4v) is 2.01. The van der Waals surface area contributed by atoms with E-state index in [-0.39, 0.29) is 5.56 Å². The number of hydrogen-bond acceptors (Lipinski definition) is 4. The Morgan fingerprint density at radius 1 is 1.25 bits per heavy atom. The fourth-order valence-electron chi connectivity index (χ4n) is 2.01. The van der Waals surface area contributed by atoms with Crippen LogP contribution in [0.25, 0.3) is 23.1 Å². The van der Waals surface area contributed by atoms with Crippen LogP contribution in [-0.4, -0.2) is 24.1 Å². The number of rotatable bonds is 2. The number of imidazole rings is 1. The zero-order valence-electron chi connectivity index (χ0n) is 11.2. The highest BCUT2D eigenvalue weighted by atomic mass is 16.1. The average molecular weight is 267 g/mol. The van der Waals surface area contributed by atoms with Crippen molar-refractivity contribution in [3.8, 4) is 11.4 Å². The van der Waals surface area contributed by atoms with Gasteiger partial charge >= 0.3 is 0 Å². The van der Waals surface area contributed by atoms with Crippen LogP contribution in [0.5, 0.6) is 0 Å². The summed E-state index contributed by atoms with van der Waals surface area (Å²) in [5.74, 6) is 0.510. The first-order chi connectivity index (χ1) is 9.58. The lowest BCUT2D eigenvalue weighted by Gasteiger charge is -2.05. The van der Waals surface area contributed by atoms with Crippen LogP contribution in [0.1, 0.15) is 11.5 Å². The van der Waals surface area contributed by atoms with Crippen LogP contribution in [0.15, 0.2) is 35.8 Å². The third-order valence-corrected chi connectivity index (χ3v) is 3.05. The Balaban J connectivity index is 2.22. The van der Waals surface area contributed by atoms with Gasteiger partial charge in [0, 0.05) is 13.1 Å². The molecule has 3 rings (SSSR count). The molecule has 3 aromatic rings. The van der Waals surface area contributed by atoms with Crippen molar-refractivity contribution in [3.63, 3.8) is 0 Å². The molecule has 6 heteroatoms. The molecule has 0 radical (unpaired) electrons. The van der Waals surface area contributed by atoms with Gasteiger partial charge in [-0.3, -0.25) is 9.36 Å². The summed E-state index contributed by atoms with van der Waals surface area (Å²) in [6.07, 6.45) is 3.37. The second-order valence-corrected chi connectivity index (χ2v) is 4.50. The summed E-state index contributed by atoms with van der Waals surface area (Å²) < 4.78 is 3.12. The maximum absolute atomic E-state index is 11.9. The second-order valence-electron chi connectivity index (χ2n) is 4.50. The molecule has 0 amide bonds. The highest BCUT2D eigenvalue weighted by Crippen LogP contribution is 2.14. The molecule has 0 aromatic carbocycles. The molecule has 0 aliphatic rings. The quantitative estimate of drug-likeness (QED) is 0.704. The van der Waals surface area contributed by atoms with Crippen molar-refractivity contribution in [3.05, 3.63) is 52.8 Å². The minimum absolute atomic E-state index is 0.145. The molecule has 0 unspecified atom stereocenters. The third-order valence-electron chi connectivity index (χ3n) is 3.05. The van der Waals surface area contributed by atoms with Crippen molar-refractivity contribution < 1.29 is 0 Å². The smallest absolute Gasteiger partial charge is 0.254 e. The van der Waals surface area contributed by atoms with Gasteiger partial charge in [0.15, 0.2) is 5.65 Å². The Kier molecular flexibility index (Phi) is 2.71. The van der Waals surface area contributed by atoms with Crippen LogP contribution in [-0.2, 0) is 7.05 Å². The van der Waals surface area contributed by atoms with Gasteiger partial charge in [-0.05, 0) is 25.1 Å². The van der Waals surface area contributed by atoms with Crippen LogP contribution in [0, 0.1) is 6.92 Å². The molecule has 0 aliphatic heterocycles. The Morgan fingerprint density at radius 2 is 2.05 bits per heavy atom. The molecule has 0 saturated carbocycles. The fraction of sp³-hybridized carbons (Fsp3) is 0.143. The van der Waals surface area contributed by atoms with Gasteiger partial charge in [0.05, 0.1) is 17.6 Å². The van der Waals surface area contributed by atoms with Crippen LogP contribution in [0.2, 0.25) is 0 Å². The van der Waals surface area contributed by atoms with Crippen molar-refractivity contribution in [1.29, 1.82) is 0 Å². The predicted molar refractivity (Wildman–Crippen MR) is 76.3 cm³/mol. The first kappa shape index (κ1) is 12.3. The molecule has 0 spiro atoms. The zero-order valence-corrected chi connectivity index (χ0v) is 11.2. The Labute approximate surface area is 115 Å². The Hall–Kier alpha value is -2.76. The molecule has 0 fully saturated rings. The van der Waals surface area contributed by atoms with Gasteiger partial charge in [0.2, 0.25) is 0 Å². The average Bonchev–Trinajstić information content (AvgIpc) is 2.80. The van der Waals surface area contributed by atoms with E-state index in [2.05, 4.69) is 21.6 Å². The van der Waals surface area contributed by atoms with Crippen molar-refractivity contribution in [2.45, 2.75) is 6.92 Å².